The molecule has 226 valence electrons. The summed E-state index contributed by atoms with van der Waals surface area (Å²) in [5.74, 6) is 0.487. The van der Waals surface area contributed by atoms with Crippen molar-refractivity contribution < 1.29 is 27.5 Å². The number of benzene rings is 2. The van der Waals surface area contributed by atoms with E-state index in [4.69, 9.17) is 9.15 Å². The van der Waals surface area contributed by atoms with Gasteiger partial charge in [-0.3, -0.25) is 9.69 Å². The van der Waals surface area contributed by atoms with Crippen LogP contribution >= 0.6 is 0 Å². The van der Waals surface area contributed by atoms with Gasteiger partial charge >= 0.3 is 0 Å². The fourth-order valence-corrected chi connectivity index (χ4v) is 7.62. The number of sulfonamides is 1. The lowest BCUT2D eigenvalue weighted by Crippen LogP contribution is -2.35. The number of carbonyl (C=O) groups excluding carboxylic acids is 1. The number of aromatic nitrogens is 1. The molecule has 0 atom stereocenters. The second-order valence-corrected chi connectivity index (χ2v) is 13.3. The number of oxazole rings is 1. The Morgan fingerprint density at radius 1 is 1.05 bits per heavy atom. The SMILES string of the molecule is COc1cc(C)c(S(=O)(=O)N(Cc2nc(C(=O)N(C)Cc3ccc(CN4CCC(O)CC4)cc3)co2)C2CC2)c(C)c1. The summed E-state index contributed by atoms with van der Waals surface area (Å²) in [4.78, 5) is 21.7. The predicted octanol–water partition coefficient (Wildman–Crippen LogP) is 3.88. The molecule has 1 amide bonds. The van der Waals surface area contributed by atoms with Crippen molar-refractivity contribution in [2.24, 2.45) is 0 Å². The summed E-state index contributed by atoms with van der Waals surface area (Å²) in [7, 11) is -0.575. The number of rotatable bonds is 11. The average molecular weight is 597 g/mol. The molecule has 1 saturated heterocycles. The van der Waals surface area contributed by atoms with Gasteiger partial charge < -0.3 is 19.2 Å². The summed E-state index contributed by atoms with van der Waals surface area (Å²) < 4.78 is 39.9. The van der Waals surface area contributed by atoms with Crippen LogP contribution in [0.15, 0.2) is 52.0 Å². The third-order valence-corrected chi connectivity index (χ3v) is 10.2. The van der Waals surface area contributed by atoms with Crippen LogP contribution in [0.3, 0.4) is 0 Å². The molecule has 1 aromatic heterocycles. The maximum Gasteiger partial charge on any atom is 0.275 e. The van der Waals surface area contributed by atoms with Gasteiger partial charge in [0.25, 0.3) is 5.91 Å². The van der Waals surface area contributed by atoms with Crippen LogP contribution in [0, 0.1) is 13.8 Å². The van der Waals surface area contributed by atoms with E-state index in [-0.39, 0.29) is 41.1 Å². The minimum atomic E-state index is -3.84. The van der Waals surface area contributed by atoms with Crippen LogP contribution in [0.2, 0.25) is 0 Å². The second kappa shape index (κ2) is 12.5. The minimum absolute atomic E-state index is 0.0493. The van der Waals surface area contributed by atoms with E-state index in [1.807, 2.05) is 12.1 Å². The monoisotopic (exact) mass is 596 g/mol. The van der Waals surface area contributed by atoms with Crippen molar-refractivity contribution in [3.05, 3.63) is 76.5 Å². The molecule has 2 aromatic carbocycles. The van der Waals surface area contributed by atoms with Crippen LogP contribution in [0.5, 0.6) is 5.75 Å². The average Bonchev–Trinajstić information content (AvgIpc) is 3.69. The van der Waals surface area contributed by atoms with Crippen molar-refractivity contribution in [1.82, 2.24) is 19.1 Å². The van der Waals surface area contributed by atoms with Crippen molar-refractivity contribution in [2.75, 3.05) is 27.2 Å². The topological polar surface area (TPSA) is 116 Å². The lowest BCUT2D eigenvalue weighted by Gasteiger charge is -2.29. The molecule has 2 fully saturated rings. The number of carbonyl (C=O) groups is 1. The number of aliphatic hydroxyl groups excluding tert-OH is 1. The molecule has 0 spiro atoms. The first-order chi connectivity index (χ1) is 20.0. The number of piperidine rings is 1. The van der Waals surface area contributed by atoms with Gasteiger partial charge in [-0.15, -0.1) is 0 Å². The zero-order valence-electron chi connectivity index (χ0n) is 24.7. The van der Waals surface area contributed by atoms with Gasteiger partial charge in [0.2, 0.25) is 15.9 Å². The molecular formula is C31H40N4O6S. The Morgan fingerprint density at radius 3 is 2.26 bits per heavy atom. The van der Waals surface area contributed by atoms with Gasteiger partial charge in [0.15, 0.2) is 5.69 Å². The Balaban J connectivity index is 1.22. The summed E-state index contributed by atoms with van der Waals surface area (Å²) >= 11 is 0. The molecule has 0 unspecified atom stereocenters. The molecule has 0 radical (unpaired) electrons. The Bertz CT molecular complexity index is 1490. The number of nitrogens with zero attached hydrogens (tertiary/aromatic N) is 4. The number of methoxy groups -OCH3 is 1. The van der Waals surface area contributed by atoms with E-state index >= 15 is 0 Å². The molecule has 3 aromatic rings. The van der Waals surface area contributed by atoms with Crippen LogP contribution in [0.25, 0.3) is 0 Å². The van der Waals surface area contributed by atoms with Crippen LogP contribution < -0.4 is 4.74 Å². The van der Waals surface area contributed by atoms with Gasteiger partial charge in [-0.1, -0.05) is 24.3 Å². The third-order valence-electron chi connectivity index (χ3n) is 8.01. The van der Waals surface area contributed by atoms with E-state index in [1.165, 1.54) is 16.1 Å². The number of hydrogen-bond acceptors (Lipinski definition) is 8. The Labute approximate surface area is 247 Å². The highest BCUT2D eigenvalue weighted by Crippen LogP contribution is 2.36. The number of amides is 1. The van der Waals surface area contributed by atoms with Crippen molar-refractivity contribution >= 4 is 15.9 Å². The number of likely N-dealkylation sites (tertiary alicyclic amines) is 1. The fourth-order valence-electron chi connectivity index (χ4n) is 5.57. The van der Waals surface area contributed by atoms with E-state index in [2.05, 4.69) is 22.0 Å². The standard InChI is InChI=1S/C31H40N4O6S/c1-21-15-27(40-4)16-22(2)30(21)42(38,39)35(25-9-10-25)19-29-32-28(20-41-29)31(37)33(3)17-23-5-7-24(8-6-23)18-34-13-11-26(36)12-14-34/h5-8,15-16,20,25-26,36H,9-14,17-19H2,1-4H3. The van der Waals surface area contributed by atoms with Crippen molar-refractivity contribution in [3.63, 3.8) is 0 Å². The first-order valence-electron chi connectivity index (χ1n) is 14.4. The van der Waals surface area contributed by atoms with Crippen LogP contribution in [0.4, 0.5) is 0 Å². The zero-order chi connectivity index (χ0) is 30.0. The first-order valence-corrected chi connectivity index (χ1v) is 15.8. The van der Waals surface area contributed by atoms with E-state index < -0.39 is 10.0 Å². The molecule has 0 bridgehead atoms. The fraction of sp³-hybridized carbons (Fsp3) is 0.484. The number of ether oxygens (including phenoxy) is 1. The highest BCUT2D eigenvalue weighted by atomic mass is 32.2. The second-order valence-electron chi connectivity index (χ2n) is 11.5. The molecule has 2 aliphatic rings. The Morgan fingerprint density at radius 2 is 1.67 bits per heavy atom. The molecule has 5 rings (SSSR count). The summed E-state index contributed by atoms with van der Waals surface area (Å²) in [6.45, 7) is 6.51. The molecule has 1 aliphatic carbocycles. The summed E-state index contributed by atoms with van der Waals surface area (Å²) in [6, 6.07) is 11.5. The smallest absolute Gasteiger partial charge is 0.275 e. The van der Waals surface area contributed by atoms with Gasteiger partial charge in [-0.25, -0.2) is 13.4 Å². The molecule has 1 N–H and O–H groups in total. The molecule has 1 aliphatic heterocycles. The number of hydrogen-bond donors (Lipinski definition) is 1. The predicted molar refractivity (Wildman–Crippen MR) is 157 cm³/mol. The van der Waals surface area contributed by atoms with Crippen LogP contribution in [-0.4, -0.2) is 77.9 Å². The van der Waals surface area contributed by atoms with E-state index in [0.717, 1.165) is 50.9 Å². The van der Waals surface area contributed by atoms with Gasteiger partial charge in [0.1, 0.15) is 12.0 Å². The highest BCUT2D eigenvalue weighted by Gasteiger charge is 2.40. The van der Waals surface area contributed by atoms with E-state index in [1.54, 1.807) is 45.0 Å². The number of aryl methyl sites for hydroxylation is 2. The normalized spacial score (nSPS) is 16.6. The molecule has 11 heteroatoms. The van der Waals surface area contributed by atoms with Crippen LogP contribution in [0.1, 0.15) is 64.3 Å². The summed E-state index contributed by atoms with van der Waals surface area (Å²) in [5.41, 5.74) is 3.55. The van der Waals surface area contributed by atoms with E-state index in [0.29, 0.717) is 23.4 Å². The first kappa shape index (κ1) is 30.2. The molecule has 1 saturated carbocycles. The zero-order valence-corrected chi connectivity index (χ0v) is 25.6. The quantitative estimate of drug-likeness (QED) is 0.355. The van der Waals surface area contributed by atoms with Gasteiger partial charge in [-0.05, 0) is 73.9 Å². The van der Waals surface area contributed by atoms with Crippen molar-refractivity contribution in [1.29, 1.82) is 0 Å². The highest BCUT2D eigenvalue weighted by molar-refractivity contribution is 7.89. The molecule has 10 nitrogen and oxygen atoms in total. The van der Waals surface area contributed by atoms with Crippen molar-refractivity contribution in [3.8, 4) is 5.75 Å². The number of aliphatic hydroxyl groups is 1. The largest absolute Gasteiger partial charge is 0.497 e. The maximum atomic E-state index is 13.8. The third kappa shape index (κ3) is 6.86. The van der Waals surface area contributed by atoms with Crippen LogP contribution in [-0.2, 0) is 29.7 Å². The lowest BCUT2D eigenvalue weighted by molar-refractivity contribution is 0.0777. The Hall–Kier alpha value is -3.25. The van der Waals surface area contributed by atoms with Gasteiger partial charge in [0, 0.05) is 39.3 Å². The van der Waals surface area contributed by atoms with Gasteiger partial charge in [-0.2, -0.15) is 4.31 Å². The van der Waals surface area contributed by atoms with Crippen molar-refractivity contribution in [2.45, 2.75) is 76.2 Å². The lowest BCUT2D eigenvalue weighted by atomic mass is 10.1. The maximum absolute atomic E-state index is 13.8. The van der Waals surface area contributed by atoms with Gasteiger partial charge in [0.05, 0.1) is 24.7 Å². The summed E-state index contributed by atoms with van der Waals surface area (Å²) in [6.07, 6.45) is 4.27. The molecular weight excluding hydrogens is 556 g/mol. The summed E-state index contributed by atoms with van der Waals surface area (Å²) in [5, 5.41) is 9.71. The molecule has 42 heavy (non-hydrogen) atoms. The van der Waals surface area contributed by atoms with E-state index in [9.17, 15) is 18.3 Å². The Kier molecular flexibility index (Phi) is 9.03. The molecule has 2 heterocycles. The minimum Gasteiger partial charge on any atom is -0.497 e.